The topological polar surface area (TPSA) is 65.0 Å². The van der Waals surface area contributed by atoms with E-state index in [0.29, 0.717) is 11.3 Å². The summed E-state index contributed by atoms with van der Waals surface area (Å²) in [5.74, 6) is -0.814. The van der Waals surface area contributed by atoms with Gasteiger partial charge in [0.1, 0.15) is 23.1 Å². The number of carboxylic acid groups (broad SMARTS) is 1. The van der Waals surface area contributed by atoms with Crippen LogP contribution in [0.1, 0.15) is 24.5 Å². The monoisotopic (exact) mass is 478 g/mol. The van der Waals surface area contributed by atoms with Gasteiger partial charge in [0.15, 0.2) is 0 Å². The van der Waals surface area contributed by atoms with Gasteiger partial charge in [-0.3, -0.25) is 0 Å². The van der Waals surface area contributed by atoms with Crippen LogP contribution in [0.5, 0.6) is 17.2 Å². The zero-order valence-corrected chi connectivity index (χ0v) is 18.1. The molecule has 0 heterocycles. The number of hydrogen-bond acceptors (Lipinski definition) is 4. The van der Waals surface area contributed by atoms with Crippen LogP contribution in [-0.4, -0.2) is 23.3 Å². The molecule has 0 fully saturated rings. The first-order valence-electron chi connectivity index (χ1n) is 10.3. The Morgan fingerprint density at radius 3 is 2.00 bits per heavy atom. The molecule has 0 saturated carbocycles. The predicted molar refractivity (Wildman–Crippen MR) is 115 cm³/mol. The quantitative estimate of drug-likeness (QED) is 0.267. The molecule has 0 aliphatic carbocycles. The van der Waals surface area contributed by atoms with Gasteiger partial charge in [0.05, 0.1) is 18.8 Å². The number of rotatable bonds is 10. The number of carbonyl (C=O) groups is 1. The summed E-state index contributed by atoms with van der Waals surface area (Å²) >= 11 is 0. The summed E-state index contributed by atoms with van der Waals surface area (Å²) in [7, 11) is 0. The molecule has 0 aliphatic heterocycles. The number of hydrogen-bond donors (Lipinski definition) is 1. The lowest BCUT2D eigenvalue weighted by Crippen LogP contribution is -2.42. The highest BCUT2D eigenvalue weighted by atomic mass is 19.4. The molecule has 5 nitrogen and oxygen atoms in total. The van der Waals surface area contributed by atoms with Gasteiger partial charge in [0.2, 0.25) is 5.60 Å². The Morgan fingerprint density at radius 1 is 0.882 bits per heavy atom. The van der Waals surface area contributed by atoms with Gasteiger partial charge < -0.3 is 19.3 Å². The van der Waals surface area contributed by atoms with Crippen LogP contribution >= 0.6 is 0 Å². The predicted octanol–water partition coefficient (Wildman–Crippen LogP) is 6.47. The van der Waals surface area contributed by atoms with Crippen molar-refractivity contribution in [3.05, 3.63) is 89.7 Å². The van der Waals surface area contributed by atoms with Crippen LogP contribution in [0, 0.1) is 5.82 Å². The van der Waals surface area contributed by atoms with E-state index in [2.05, 4.69) is 0 Å². The van der Waals surface area contributed by atoms with Crippen molar-refractivity contribution in [2.45, 2.75) is 31.7 Å². The van der Waals surface area contributed by atoms with Crippen molar-refractivity contribution in [2.75, 3.05) is 6.61 Å². The summed E-state index contributed by atoms with van der Waals surface area (Å²) in [5.41, 5.74) is -2.02. The Kier molecular flexibility index (Phi) is 7.78. The first-order valence-corrected chi connectivity index (χ1v) is 10.3. The number of carboxylic acids is 1. The highest BCUT2D eigenvalue weighted by Gasteiger charge is 2.35. The van der Waals surface area contributed by atoms with Gasteiger partial charge >= 0.3 is 12.1 Å². The minimum Gasteiger partial charge on any atom is -0.478 e. The fraction of sp³-hybridized carbons (Fsp3) is 0.240. The maximum Gasteiger partial charge on any atom is 0.416 e. The minimum atomic E-state index is -4.43. The molecule has 1 N–H and O–H groups in total. The highest BCUT2D eigenvalue weighted by molar-refractivity contribution is 5.77. The SMILES string of the molecule is CC(CCOCc1ccccc1F)(Oc1ccc(Oc2ccc(C(F)(F)F)cc2)cc1)C(=O)O. The second kappa shape index (κ2) is 10.6. The fourth-order valence-electron chi connectivity index (χ4n) is 2.95. The highest BCUT2D eigenvalue weighted by Crippen LogP contribution is 2.32. The molecule has 1 atom stereocenters. The van der Waals surface area contributed by atoms with Crippen molar-refractivity contribution in [1.82, 2.24) is 0 Å². The van der Waals surface area contributed by atoms with Gasteiger partial charge in [-0.25, -0.2) is 9.18 Å². The Hall–Kier alpha value is -3.59. The van der Waals surface area contributed by atoms with Gasteiger partial charge in [0.25, 0.3) is 0 Å². The normalized spacial score (nSPS) is 13.2. The summed E-state index contributed by atoms with van der Waals surface area (Å²) < 4.78 is 68.2. The summed E-state index contributed by atoms with van der Waals surface area (Å²) in [5, 5.41) is 9.64. The van der Waals surface area contributed by atoms with E-state index in [1.54, 1.807) is 18.2 Å². The maximum absolute atomic E-state index is 13.6. The molecule has 180 valence electrons. The van der Waals surface area contributed by atoms with E-state index in [4.69, 9.17) is 14.2 Å². The van der Waals surface area contributed by atoms with Crippen molar-refractivity contribution >= 4 is 5.97 Å². The van der Waals surface area contributed by atoms with E-state index >= 15 is 0 Å². The van der Waals surface area contributed by atoms with Crippen molar-refractivity contribution in [3.8, 4) is 17.2 Å². The molecule has 3 aromatic rings. The average molecular weight is 478 g/mol. The van der Waals surface area contributed by atoms with Gasteiger partial charge in [-0.05, 0) is 61.5 Å². The summed E-state index contributed by atoms with van der Waals surface area (Å²) in [6.45, 7) is 1.42. The van der Waals surface area contributed by atoms with Gasteiger partial charge in [-0.1, -0.05) is 18.2 Å². The molecule has 3 aromatic carbocycles. The number of benzene rings is 3. The maximum atomic E-state index is 13.6. The Morgan fingerprint density at radius 2 is 1.44 bits per heavy atom. The van der Waals surface area contributed by atoms with Crippen LogP contribution in [0.15, 0.2) is 72.8 Å². The molecule has 0 bridgehead atoms. The lowest BCUT2D eigenvalue weighted by molar-refractivity contribution is -0.155. The van der Waals surface area contributed by atoms with Crippen molar-refractivity contribution in [3.63, 3.8) is 0 Å². The lowest BCUT2D eigenvalue weighted by atomic mass is 10.0. The number of alkyl halides is 3. The van der Waals surface area contributed by atoms with Gasteiger partial charge in [-0.15, -0.1) is 0 Å². The van der Waals surface area contributed by atoms with E-state index in [9.17, 15) is 27.5 Å². The standard InChI is InChI=1S/C25H22F4O5/c1-24(23(30)31,14-15-32-16-17-4-2-3-5-22(17)26)34-21-12-10-20(11-13-21)33-19-8-6-18(7-9-19)25(27,28)29/h2-13H,14-16H2,1H3,(H,30,31). The van der Waals surface area contributed by atoms with Gasteiger partial charge in [-0.2, -0.15) is 13.2 Å². The number of halogens is 4. The molecule has 0 saturated heterocycles. The second-order valence-electron chi connectivity index (χ2n) is 7.63. The van der Waals surface area contributed by atoms with Crippen molar-refractivity contribution in [1.29, 1.82) is 0 Å². The number of aliphatic carboxylic acids is 1. The first kappa shape index (κ1) is 25.0. The van der Waals surface area contributed by atoms with Crippen LogP contribution in [0.25, 0.3) is 0 Å². The molecule has 9 heteroatoms. The van der Waals surface area contributed by atoms with Crippen LogP contribution < -0.4 is 9.47 Å². The zero-order valence-electron chi connectivity index (χ0n) is 18.1. The molecular formula is C25H22F4O5. The molecule has 0 spiro atoms. The van der Waals surface area contributed by atoms with E-state index in [-0.39, 0.29) is 31.1 Å². The molecule has 34 heavy (non-hydrogen) atoms. The average Bonchev–Trinajstić information content (AvgIpc) is 2.79. The Bertz CT molecular complexity index is 1100. The van der Waals surface area contributed by atoms with Crippen LogP contribution in [0.2, 0.25) is 0 Å². The van der Waals surface area contributed by atoms with Crippen molar-refractivity contribution < 1.29 is 41.7 Å². The largest absolute Gasteiger partial charge is 0.478 e. The smallest absolute Gasteiger partial charge is 0.416 e. The molecule has 0 aromatic heterocycles. The molecule has 0 amide bonds. The van der Waals surface area contributed by atoms with E-state index in [0.717, 1.165) is 12.1 Å². The summed E-state index contributed by atoms with van der Waals surface area (Å²) in [4.78, 5) is 11.8. The van der Waals surface area contributed by atoms with Crippen LogP contribution in [0.3, 0.4) is 0 Å². The molecular weight excluding hydrogens is 456 g/mol. The third kappa shape index (κ3) is 6.71. The first-order chi connectivity index (χ1) is 16.1. The van der Waals surface area contributed by atoms with Crippen LogP contribution in [0.4, 0.5) is 17.6 Å². The fourth-order valence-corrected chi connectivity index (χ4v) is 2.95. The summed E-state index contributed by atoms with van der Waals surface area (Å²) in [6, 6.07) is 16.4. The van der Waals surface area contributed by atoms with E-state index in [1.807, 2.05) is 0 Å². The van der Waals surface area contributed by atoms with Gasteiger partial charge in [0, 0.05) is 12.0 Å². The zero-order chi connectivity index (χ0) is 24.8. The molecule has 0 radical (unpaired) electrons. The second-order valence-corrected chi connectivity index (χ2v) is 7.63. The lowest BCUT2D eigenvalue weighted by Gasteiger charge is -2.26. The molecule has 0 aliphatic rings. The summed E-state index contributed by atoms with van der Waals surface area (Å²) in [6.07, 6.45) is -4.43. The minimum absolute atomic E-state index is 0.000587. The van der Waals surface area contributed by atoms with Crippen molar-refractivity contribution in [2.24, 2.45) is 0 Å². The molecule has 1 unspecified atom stereocenters. The third-order valence-electron chi connectivity index (χ3n) is 4.98. The third-order valence-corrected chi connectivity index (χ3v) is 4.98. The number of ether oxygens (including phenoxy) is 3. The van der Waals surface area contributed by atoms with E-state index < -0.39 is 29.1 Å². The van der Waals surface area contributed by atoms with Crippen LogP contribution in [-0.2, 0) is 22.3 Å². The Balaban J connectivity index is 1.56. The van der Waals surface area contributed by atoms with E-state index in [1.165, 1.54) is 49.4 Å². The Labute approximate surface area is 193 Å². The molecule has 3 rings (SSSR count).